The molecule has 0 amide bonds. The summed E-state index contributed by atoms with van der Waals surface area (Å²) in [5.41, 5.74) is 2.96. The molecule has 4 nitrogen and oxygen atoms in total. The van der Waals surface area contributed by atoms with Crippen molar-refractivity contribution in [3.63, 3.8) is 0 Å². The molecule has 1 aromatic carbocycles. The summed E-state index contributed by atoms with van der Waals surface area (Å²) in [6, 6.07) is 8.54. The molecule has 0 atom stereocenters. The number of rotatable bonds is 8. The maximum absolute atomic E-state index is 9.46. The minimum Gasteiger partial charge on any atom is -0.369 e. The first kappa shape index (κ1) is 17.5. The maximum Gasteiger partial charge on any atom is 0.101 e. The average Bonchev–Trinajstić information content (AvgIpc) is 2.43. The Hall–Kier alpha value is -1.57. The van der Waals surface area contributed by atoms with Gasteiger partial charge in [0.1, 0.15) is 6.07 Å². The minimum absolute atomic E-state index is 0.565. The van der Waals surface area contributed by atoms with Crippen molar-refractivity contribution in [2.75, 3.05) is 45.7 Å². The Kier molecular flexibility index (Phi) is 7.21. The zero-order valence-electron chi connectivity index (χ0n) is 14.0. The number of hydrogen-bond acceptors (Lipinski definition) is 4. The van der Waals surface area contributed by atoms with E-state index < -0.39 is 0 Å². The topological polar surface area (TPSA) is 42.3 Å². The van der Waals surface area contributed by atoms with Crippen LogP contribution in [0.5, 0.6) is 0 Å². The van der Waals surface area contributed by atoms with Gasteiger partial charge in [-0.25, -0.2) is 0 Å². The predicted octanol–water partition coefficient (Wildman–Crippen LogP) is 2.30. The maximum atomic E-state index is 9.46. The lowest BCUT2D eigenvalue weighted by Gasteiger charge is -2.29. The van der Waals surface area contributed by atoms with Crippen LogP contribution in [0.3, 0.4) is 0 Å². The van der Waals surface area contributed by atoms with E-state index in [-0.39, 0.29) is 0 Å². The number of anilines is 1. The van der Waals surface area contributed by atoms with Gasteiger partial charge in [-0.05, 0) is 44.8 Å². The second kappa shape index (κ2) is 8.66. The number of hydrogen-bond donors (Lipinski definition) is 1. The monoisotopic (exact) mass is 288 g/mol. The third kappa shape index (κ3) is 5.74. The fourth-order valence-electron chi connectivity index (χ4n) is 2.33. The van der Waals surface area contributed by atoms with E-state index in [1.54, 1.807) is 0 Å². The van der Waals surface area contributed by atoms with Crippen LogP contribution in [0.1, 0.15) is 25.0 Å². The van der Waals surface area contributed by atoms with Gasteiger partial charge in [-0.1, -0.05) is 19.9 Å². The fraction of sp³-hybridized carbons (Fsp3) is 0.588. The highest BCUT2D eigenvalue weighted by atomic mass is 15.2. The van der Waals surface area contributed by atoms with Crippen LogP contribution in [0.4, 0.5) is 5.69 Å². The highest BCUT2D eigenvalue weighted by Crippen LogP contribution is 2.22. The molecule has 21 heavy (non-hydrogen) atoms. The number of benzene rings is 1. The molecule has 0 saturated carbocycles. The lowest BCUT2D eigenvalue weighted by atomic mass is 10.1. The van der Waals surface area contributed by atoms with Gasteiger partial charge in [0.05, 0.1) is 11.3 Å². The standard InChI is InChI=1S/C17H28N4/c1-14(2)13-21(9-8-20(4)5)17-7-6-15(12-19-3)10-16(17)11-18/h6-7,10,14,19H,8-9,12-13H2,1-5H3. The van der Waals surface area contributed by atoms with Crippen LogP contribution in [-0.2, 0) is 6.54 Å². The summed E-state index contributed by atoms with van der Waals surface area (Å²) in [5, 5.41) is 12.6. The van der Waals surface area contributed by atoms with Gasteiger partial charge in [0, 0.05) is 26.2 Å². The molecule has 0 spiro atoms. The average molecular weight is 288 g/mol. The Morgan fingerprint density at radius 1 is 1.24 bits per heavy atom. The second-order valence-electron chi connectivity index (χ2n) is 6.14. The van der Waals surface area contributed by atoms with E-state index in [0.29, 0.717) is 5.92 Å². The normalized spacial score (nSPS) is 11.0. The van der Waals surface area contributed by atoms with Crippen LogP contribution >= 0.6 is 0 Å². The molecule has 0 fully saturated rings. The first-order chi connectivity index (χ1) is 9.97. The quantitative estimate of drug-likeness (QED) is 0.797. The van der Waals surface area contributed by atoms with Gasteiger partial charge >= 0.3 is 0 Å². The first-order valence-corrected chi connectivity index (χ1v) is 7.55. The fourth-order valence-corrected chi connectivity index (χ4v) is 2.33. The molecule has 0 saturated heterocycles. The van der Waals surface area contributed by atoms with Gasteiger partial charge in [0.25, 0.3) is 0 Å². The smallest absolute Gasteiger partial charge is 0.101 e. The molecule has 1 aromatic rings. The molecule has 0 aliphatic carbocycles. The summed E-state index contributed by atoms with van der Waals surface area (Å²) in [6.07, 6.45) is 0. The third-order valence-corrected chi connectivity index (χ3v) is 3.31. The van der Waals surface area contributed by atoms with Crippen molar-refractivity contribution < 1.29 is 0 Å². The Morgan fingerprint density at radius 2 is 1.95 bits per heavy atom. The van der Waals surface area contributed by atoms with E-state index in [4.69, 9.17) is 0 Å². The van der Waals surface area contributed by atoms with E-state index in [1.165, 1.54) is 0 Å². The van der Waals surface area contributed by atoms with E-state index in [1.807, 2.05) is 13.1 Å². The molecule has 4 heteroatoms. The van der Waals surface area contributed by atoms with Crippen LogP contribution in [0.15, 0.2) is 18.2 Å². The largest absolute Gasteiger partial charge is 0.369 e. The molecule has 0 aliphatic heterocycles. The number of likely N-dealkylation sites (N-methyl/N-ethyl adjacent to an activating group) is 1. The molecule has 0 aromatic heterocycles. The Morgan fingerprint density at radius 3 is 2.48 bits per heavy atom. The number of nitrogens with one attached hydrogen (secondary N) is 1. The van der Waals surface area contributed by atoms with Crippen molar-refractivity contribution >= 4 is 5.69 Å². The highest BCUT2D eigenvalue weighted by Gasteiger charge is 2.13. The van der Waals surface area contributed by atoms with Crippen LogP contribution in [0, 0.1) is 17.2 Å². The van der Waals surface area contributed by atoms with Crippen LogP contribution < -0.4 is 10.2 Å². The van der Waals surface area contributed by atoms with Gasteiger partial charge in [-0.15, -0.1) is 0 Å². The van der Waals surface area contributed by atoms with Crippen LogP contribution in [-0.4, -0.2) is 45.7 Å². The Bertz CT molecular complexity index is 474. The zero-order chi connectivity index (χ0) is 15.8. The van der Waals surface area contributed by atoms with E-state index in [2.05, 4.69) is 61.3 Å². The van der Waals surface area contributed by atoms with Crippen molar-refractivity contribution in [3.8, 4) is 6.07 Å². The zero-order valence-corrected chi connectivity index (χ0v) is 14.0. The molecule has 0 bridgehead atoms. The lowest BCUT2D eigenvalue weighted by molar-refractivity contribution is 0.409. The van der Waals surface area contributed by atoms with E-state index >= 15 is 0 Å². The van der Waals surface area contributed by atoms with Crippen LogP contribution in [0.25, 0.3) is 0 Å². The predicted molar refractivity (Wildman–Crippen MR) is 89.5 cm³/mol. The summed E-state index contributed by atoms with van der Waals surface area (Å²) in [4.78, 5) is 4.50. The summed E-state index contributed by atoms with van der Waals surface area (Å²) >= 11 is 0. The van der Waals surface area contributed by atoms with Gasteiger partial charge < -0.3 is 15.1 Å². The SMILES string of the molecule is CNCc1ccc(N(CCN(C)C)CC(C)C)c(C#N)c1. The molecule has 116 valence electrons. The number of nitriles is 1. The molecular weight excluding hydrogens is 260 g/mol. The van der Waals surface area contributed by atoms with Crippen molar-refractivity contribution in [1.82, 2.24) is 10.2 Å². The third-order valence-electron chi connectivity index (χ3n) is 3.31. The van der Waals surface area contributed by atoms with Crippen molar-refractivity contribution in [2.24, 2.45) is 5.92 Å². The molecule has 1 rings (SSSR count). The minimum atomic E-state index is 0.565. The van der Waals surface area contributed by atoms with Crippen LogP contribution in [0.2, 0.25) is 0 Å². The van der Waals surface area contributed by atoms with E-state index in [9.17, 15) is 5.26 Å². The second-order valence-corrected chi connectivity index (χ2v) is 6.14. The summed E-state index contributed by atoms with van der Waals surface area (Å²) < 4.78 is 0. The van der Waals surface area contributed by atoms with Crippen molar-refractivity contribution in [1.29, 1.82) is 5.26 Å². The molecule has 0 unspecified atom stereocenters. The molecule has 1 N–H and O–H groups in total. The van der Waals surface area contributed by atoms with Crippen molar-refractivity contribution in [2.45, 2.75) is 20.4 Å². The molecule has 0 heterocycles. The lowest BCUT2D eigenvalue weighted by Crippen LogP contribution is -2.34. The highest BCUT2D eigenvalue weighted by molar-refractivity contribution is 5.60. The first-order valence-electron chi connectivity index (χ1n) is 7.55. The summed E-state index contributed by atoms with van der Waals surface area (Å²) in [6.45, 7) is 8.10. The molecule has 0 aliphatic rings. The summed E-state index contributed by atoms with van der Waals surface area (Å²) in [7, 11) is 6.08. The molecule has 0 radical (unpaired) electrons. The Labute approximate surface area is 129 Å². The molecular formula is C17H28N4. The van der Waals surface area contributed by atoms with Gasteiger partial charge in [-0.3, -0.25) is 0 Å². The van der Waals surface area contributed by atoms with Crippen molar-refractivity contribution in [3.05, 3.63) is 29.3 Å². The van der Waals surface area contributed by atoms with Gasteiger partial charge in [-0.2, -0.15) is 5.26 Å². The summed E-state index contributed by atoms with van der Waals surface area (Å²) in [5.74, 6) is 0.565. The van der Waals surface area contributed by atoms with E-state index in [0.717, 1.165) is 43.0 Å². The number of nitrogens with zero attached hydrogens (tertiary/aromatic N) is 3. The Balaban J connectivity index is 3.02. The van der Waals surface area contributed by atoms with Gasteiger partial charge in [0.15, 0.2) is 0 Å². The van der Waals surface area contributed by atoms with Gasteiger partial charge in [0.2, 0.25) is 0 Å².